The van der Waals surface area contributed by atoms with E-state index in [-0.39, 0.29) is 0 Å². The molecule has 1 aliphatic rings. The van der Waals surface area contributed by atoms with Crippen molar-refractivity contribution in [2.45, 2.75) is 12.0 Å². The number of fused-ring (bicyclic) bond motifs is 2. The van der Waals surface area contributed by atoms with Gasteiger partial charge < -0.3 is 19.7 Å². The molecule has 0 saturated carbocycles. The van der Waals surface area contributed by atoms with E-state index in [1.165, 1.54) is 6.33 Å². The summed E-state index contributed by atoms with van der Waals surface area (Å²) < 4.78 is 7.45. The van der Waals surface area contributed by atoms with Crippen molar-refractivity contribution in [2.24, 2.45) is 7.05 Å². The van der Waals surface area contributed by atoms with E-state index >= 15 is 0 Å². The average molecular weight is 311 g/mol. The third-order valence-electron chi connectivity index (χ3n) is 4.21. The molecule has 1 atom stereocenters. The summed E-state index contributed by atoms with van der Waals surface area (Å²) in [7, 11) is 1.88. The highest BCUT2D eigenvalue weighted by atomic mass is 16.5. The zero-order valence-electron chi connectivity index (χ0n) is 12.7. The number of hydrogen-bond donors (Lipinski definition) is 2. The van der Waals surface area contributed by atoms with Crippen LogP contribution in [0.4, 0.5) is 5.82 Å². The van der Waals surface area contributed by atoms with E-state index in [1.54, 1.807) is 6.33 Å². The molecule has 1 unspecified atom stereocenters. The zero-order valence-corrected chi connectivity index (χ0v) is 12.7. The number of nitrogens with one attached hydrogen (secondary N) is 1. The van der Waals surface area contributed by atoms with Gasteiger partial charge in [0.2, 0.25) is 0 Å². The van der Waals surface area contributed by atoms with Gasteiger partial charge >= 0.3 is 0 Å². The van der Waals surface area contributed by atoms with Crippen LogP contribution in [0, 0.1) is 0 Å². The van der Waals surface area contributed by atoms with Crippen molar-refractivity contribution >= 4 is 17.0 Å². The number of aliphatic hydroxyl groups is 1. The van der Waals surface area contributed by atoms with E-state index in [2.05, 4.69) is 20.3 Å². The minimum Gasteiger partial charge on any atom is -0.493 e. The number of anilines is 1. The second-order valence-corrected chi connectivity index (χ2v) is 5.73. The van der Waals surface area contributed by atoms with Crippen molar-refractivity contribution < 1.29 is 9.84 Å². The van der Waals surface area contributed by atoms with Crippen molar-refractivity contribution in [3.8, 4) is 5.75 Å². The Hall–Kier alpha value is -2.67. The fraction of sp³-hybridized carbons (Fsp3) is 0.312. The molecular weight excluding hydrogens is 294 g/mol. The molecule has 0 spiro atoms. The van der Waals surface area contributed by atoms with Crippen LogP contribution >= 0.6 is 0 Å². The minimum atomic E-state index is -0.999. The summed E-state index contributed by atoms with van der Waals surface area (Å²) in [4.78, 5) is 12.8. The van der Waals surface area contributed by atoms with Crippen molar-refractivity contribution in [1.82, 2.24) is 19.5 Å². The molecule has 2 aromatic heterocycles. The van der Waals surface area contributed by atoms with Gasteiger partial charge in [-0.3, -0.25) is 0 Å². The van der Waals surface area contributed by atoms with Gasteiger partial charge in [-0.05, 0) is 6.07 Å². The molecule has 0 fully saturated rings. The van der Waals surface area contributed by atoms with Crippen LogP contribution in [0.2, 0.25) is 0 Å². The smallest absolute Gasteiger partial charge is 0.165 e. The first-order valence-corrected chi connectivity index (χ1v) is 7.48. The number of aryl methyl sites for hydroxylation is 1. The molecule has 0 amide bonds. The molecule has 0 bridgehead atoms. The molecule has 3 heterocycles. The number of benzene rings is 1. The molecule has 2 N–H and O–H groups in total. The summed E-state index contributed by atoms with van der Waals surface area (Å²) in [6.45, 7) is 0.814. The van der Waals surface area contributed by atoms with Crippen LogP contribution < -0.4 is 10.1 Å². The second-order valence-electron chi connectivity index (χ2n) is 5.73. The monoisotopic (exact) mass is 311 g/mol. The molecule has 0 radical (unpaired) electrons. The summed E-state index contributed by atoms with van der Waals surface area (Å²) in [5.74, 6) is 1.35. The third kappa shape index (κ3) is 2.29. The number of ether oxygens (including phenoxy) is 1. The first kappa shape index (κ1) is 14.0. The maximum Gasteiger partial charge on any atom is 0.165 e. The van der Waals surface area contributed by atoms with Crippen molar-refractivity contribution in [1.29, 1.82) is 0 Å². The number of hydrogen-bond acceptors (Lipinski definition) is 6. The number of nitrogens with zero attached hydrogens (tertiary/aromatic N) is 4. The molecule has 0 saturated heterocycles. The van der Waals surface area contributed by atoms with Gasteiger partial charge in [0.1, 0.15) is 23.2 Å². The Morgan fingerprint density at radius 1 is 1.30 bits per heavy atom. The molecule has 1 aromatic carbocycles. The summed E-state index contributed by atoms with van der Waals surface area (Å²) in [6.07, 6.45) is 3.71. The lowest BCUT2D eigenvalue weighted by Crippen LogP contribution is -2.39. The average Bonchev–Trinajstić information content (AvgIpc) is 2.96. The molecule has 23 heavy (non-hydrogen) atoms. The summed E-state index contributed by atoms with van der Waals surface area (Å²) in [5.41, 5.74) is 1.24. The van der Waals surface area contributed by atoms with Gasteiger partial charge in [-0.1, -0.05) is 18.2 Å². The fourth-order valence-corrected chi connectivity index (χ4v) is 2.93. The van der Waals surface area contributed by atoms with E-state index in [9.17, 15) is 5.11 Å². The van der Waals surface area contributed by atoms with Gasteiger partial charge in [-0.2, -0.15) is 0 Å². The highest BCUT2D eigenvalue weighted by molar-refractivity contribution is 5.82. The van der Waals surface area contributed by atoms with Crippen molar-refractivity contribution in [3.05, 3.63) is 42.5 Å². The first-order chi connectivity index (χ1) is 11.2. The molecular formula is C16H17N5O2. The summed E-state index contributed by atoms with van der Waals surface area (Å²) in [5, 5.41) is 14.3. The van der Waals surface area contributed by atoms with Crippen LogP contribution in [0.1, 0.15) is 12.0 Å². The number of rotatable bonds is 3. The van der Waals surface area contributed by atoms with Gasteiger partial charge in [0.05, 0.1) is 12.9 Å². The number of para-hydroxylation sites is 1. The van der Waals surface area contributed by atoms with E-state index in [4.69, 9.17) is 4.74 Å². The Morgan fingerprint density at radius 3 is 3.09 bits per heavy atom. The van der Waals surface area contributed by atoms with E-state index < -0.39 is 5.60 Å². The highest BCUT2D eigenvalue weighted by Crippen LogP contribution is 2.37. The molecule has 3 aromatic rings. The Kier molecular flexibility index (Phi) is 3.16. The molecule has 4 rings (SSSR count). The van der Waals surface area contributed by atoms with Gasteiger partial charge in [0, 0.05) is 25.6 Å². The van der Waals surface area contributed by atoms with Gasteiger partial charge in [-0.15, -0.1) is 0 Å². The second kappa shape index (κ2) is 5.20. The maximum absolute atomic E-state index is 11.1. The third-order valence-corrected chi connectivity index (χ3v) is 4.21. The summed E-state index contributed by atoms with van der Waals surface area (Å²) >= 11 is 0. The topological polar surface area (TPSA) is 85.1 Å². The van der Waals surface area contributed by atoms with Crippen molar-refractivity contribution in [2.75, 3.05) is 18.5 Å². The van der Waals surface area contributed by atoms with E-state index in [0.717, 1.165) is 17.0 Å². The lowest BCUT2D eigenvalue weighted by molar-refractivity contribution is 0.00911. The zero-order chi connectivity index (χ0) is 15.9. The SMILES string of the molecule is Cn1cnc2c(NCC3(O)CCOc4ccccc43)ncnc21. The highest BCUT2D eigenvalue weighted by Gasteiger charge is 2.35. The van der Waals surface area contributed by atoms with E-state index in [1.807, 2.05) is 35.9 Å². The Bertz CT molecular complexity index is 863. The quantitative estimate of drug-likeness (QED) is 0.761. The Balaban J connectivity index is 1.64. The molecule has 118 valence electrons. The molecule has 1 aliphatic heterocycles. The van der Waals surface area contributed by atoms with E-state index in [0.29, 0.717) is 30.9 Å². The van der Waals surface area contributed by atoms with Crippen LogP contribution in [0.3, 0.4) is 0 Å². The largest absolute Gasteiger partial charge is 0.493 e. The molecule has 0 aliphatic carbocycles. The molecule has 7 nitrogen and oxygen atoms in total. The first-order valence-electron chi connectivity index (χ1n) is 7.48. The Morgan fingerprint density at radius 2 is 2.17 bits per heavy atom. The van der Waals surface area contributed by atoms with Crippen LogP contribution in [-0.4, -0.2) is 37.8 Å². The van der Waals surface area contributed by atoms with Gasteiger partial charge in [0.15, 0.2) is 11.5 Å². The minimum absolute atomic E-state index is 0.329. The predicted octanol–water partition coefficient (Wildman–Crippen LogP) is 1.45. The van der Waals surface area contributed by atoms with Crippen LogP contribution in [0.5, 0.6) is 5.75 Å². The lowest BCUT2D eigenvalue weighted by atomic mass is 9.88. The standard InChI is InChI=1S/C16H17N5O2/c1-21-10-20-13-14(18-9-19-15(13)21)17-8-16(22)6-7-23-12-5-3-2-4-11(12)16/h2-5,9-10,22H,6-8H2,1H3,(H,17,18,19). The van der Waals surface area contributed by atoms with Crippen molar-refractivity contribution in [3.63, 3.8) is 0 Å². The molecule has 7 heteroatoms. The normalized spacial score (nSPS) is 20.1. The number of imidazole rings is 1. The van der Waals surface area contributed by atoms with Crippen LogP contribution in [0.25, 0.3) is 11.2 Å². The van der Waals surface area contributed by atoms with Gasteiger partial charge in [-0.25, -0.2) is 15.0 Å². The summed E-state index contributed by atoms with van der Waals surface area (Å²) in [6, 6.07) is 7.58. The van der Waals surface area contributed by atoms with Crippen LogP contribution in [0.15, 0.2) is 36.9 Å². The fourth-order valence-electron chi connectivity index (χ4n) is 2.93. The maximum atomic E-state index is 11.1. The Labute approximate surface area is 133 Å². The predicted molar refractivity (Wildman–Crippen MR) is 85.2 cm³/mol. The number of aromatic nitrogens is 4. The van der Waals surface area contributed by atoms with Crippen LogP contribution in [-0.2, 0) is 12.6 Å². The van der Waals surface area contributed by atoms with Gasteiger partial charge in [0.25, 0.3) is 0 Å². The lowest BCUT2D eigenvalue weighted by Gasteiger charge is -2.34.